The Labute approximate surface area is 112 Å². The van der Waals surface area contributed by atoms with E-state index in [1.807, 2.05) is 6.92 Å². The van der Waals surface area contributed by atoms with Gasteiger partial charge in [-0.25, -0.2) is 4.79 Å². The van der Waals surface area contributed by atoms with E-state index in [1.54, 1.807) is 6.07 Å². The van der Waals surface area contributed by atoms with Gasteiger partial charge in [0.1, 0.15) is 0 Å². The SMILES string of the molecule is CC[C@@H](OC(=O)c1ccco1)C(=O)NC1CCCC1. The molecule has 0 saturated heterocycles. The zero-order valence-corrected chi connectivity index (χ0v) is 11.1. The summed E-state index contributed by atoms with van der Waals surface area (Å²) in [4.78, 5) is 23.7. The Hall–Kier alpha value is -1.78. The average Bonchev–Trinajstić information content (AvgIpc) is 3.07. The lowest BCUT2D eigenvalue weighted by Crippen LogP contribution is -2.42. The van der Waals surface area contributed by atoms with Crippen molar-refractivity contribution in [2.75, 3.05) is 0 Å². The standard InChI is InChI=1S/C14H19NO4/c1-2-11(13(16)15-10-6-3-4-7-10)19-14(17)12-8-5-9-18-12/h5,8-11H,2-4,6-7H2,1H3,(H,15,16)/t11-/m1/s1. The van der Waals surface area contributed by atoms with Crippen LogP contribution in [-0.4, -0.2) is 24.0 Å². The highest BCUT2D eigenvalue weighted by Gasteiger charge is 2.26. The molecule has 1 aromatic rings. The van der Waals surface area contributed by atoms with Crippen LogP contribution in [0.15, 0.2) is 22.8 Å². The van der Waals surface area contributed by atoms with Crippen LogP contribution in [-0.2, 0) is 9.53 Å². The molecule has 1 aromatic heterocycles. The average molecular weight is 265 g/mol. The molecular weight excluding hydrogens is 246 g/mol. The fourth-order valence-corrected chi connectivity index (χ4v) is 2.27. The van der Waals surface area contributed by atoms with Crippen LogP contribution in [0.5, 0.6) is 0 Å². The molecule has 1 N–H and O–H groups in total. The molecule has 0 radical (unpaired) electrons. The summed E-state index contributed by atoms with van der Waals surface area (Å²) in [6, 6.07) is 3.35. The Kier molecular flexibility index (Phi) is 4.60. The number of rotatable bonds is 5. The lowest BCUT2D eigenvalue weighted by molar-refractivity contribution is -0.130. The zero-order valence-electron chi connectivity index (χ0n) is 11.1. The van der Waals surface area contributed by atoms with Gasteiger partial charge in [-0.15, -0.1) is 0 Å². The third kappa shape index (κ3) is 3.59. The van der Waals surface area contributed by atoms with Crippen LogP contribution in [0.4, 0.5) is 0 Å². The third-order valence-corrected chi connectivity index (χ3v) is 3.34. The molecule has 0 spiro atoms. The molecule has 0 bridgehead atoms. The molecule has 0 aromatic carbocycles. The first-order valence-electron chi connectivity index (χ1n) is 6.75. The molecule has 1 amide bonds. The van der Waals surface area contributed by atoms with Crippen molar-refractivity contribution in [3.63, 3.8) is 0 Å². The number of amides is 1. The van der Waals surface area contributed by atoms with Gasteiger partial charge in [-0.3, -0.25) is 4.79 Å². The highest BCUT2D eigenvalue weighted by Crippen LogP contribution is 2.18. The summed E-state index contributed by atoms with van der Waals surface area (Å²) in [6.07, 6.45) is 5.41. The van der Waals surface area contributed by atoms with Crippen LogP contribution < -0.4 is 5.32 Å². The first-order valence-corrected chi connectivity index (χ1v) is 6.75. The highest BCUT2D eigenvalue weighted by molar-refractivity contribution is 5.90. The van der Waals surface area contributed by atoms with Crippen LogP contribution in [0.3, 0.4) is 0 Å². The van der Waals surface area contributed by atoms with E-state index in [9.17, 15) is 9.59 Å². The summed E-state index contributed by atoms with van der Waals surface area (Å²) in [5.41, 5.74) is 0. The van der Waals surface area contributed by atoms with E-state index in [2.05, 4.69) is 5.32 Å². The van der Waals surface area contributed by atoms with Gasteiger partial charge in [-0.2, -0.15) is 0 Å². The molecular formula is C14H19NO4. The van der Waals surface area contributed by atoms with Crippen molar-refractivity contribution >= 4 is 11.9 Å². The minimum atomic E-state index is -0.752. The summed E-state index contributed by atoms with van der Waals surface area (Å²) in [6.45, 7) is 1.81. The Morgan fingerprint density at radius 2 is 2.21 bits per heavy atom. The third-order valence-electron chi connectivity index (χ3n) is 3.34. The second-order valence-corrected chi connectivity index (χ2v) is 4.77. The van der Waals surface area contributed by atoms with Gasteiger partial charge in [-0.1, -0.05) is 19.8 Å². The molecule has 5 nitrogen and oxygen atoms in total. The molecule has 1 aliphatic rings. The summed E-state index contributed by atoms with van der Waals surface area (Å²) in [5, 5.41) is 2.93. The van der Waals surface area contributed by atoms with E-state index < -0.39 is 12.1 Å². The Bertz CT molecular complexity index is 421. The number of hydrogen-bond donors (Lipinski definition) is 1. The van der Waals surface area contributed by atoms with Gasteiger partial charge < -0.3 is 14.5 Å². The quantitative estimate of drug-likeness (QED) is 0.829. The van der Waals surface area contributed by atoms with E-state index >= 15 is 0 Å². The minimum Gasteiger partial charge on any atom is -0.457 e. The van der Waals surface area contributed by atoms with Crippen LogP contribution in [0.25, 0.3) is 0 Å². The predicted octanol–water partition coefficient (Wildman–Crippen LogP) is 2.27. The summed E-state index contributed by atoms with van der Waals surface area (Å²) >= 11 is 0. The maximum Gasteiger partial charge on any atom is 0.374 e. The summed E-state index contributed by atoms with van der Waals surface area (Å²) in [7, 11) is 0. The molecule has 2 rings (SSSR count). The van der Waals surface area contributed by atoms with Crippen molar-refractivity contribution in [2.24, 2.45) is 0 Å². The number of nitrogens with one attached hydrogen (secondary N) is 1. The maximum absolute atomic E-state index is 12.0. The molecule has 0 aliphatic heterocycles. The van der Waals surface area contributed by atoms with Crippen molar-refractivity contribution in [3.8, 4) is 0 Å². The zero-order chi connectivity index (χ0) is 13.7. The van der Waals surface area contributed by atoms with Gasteiger partial charge in [0.25, 0.3) is 5.91 Å². The fraction of sp³-hybridized carbons (Fsp3) is 0.571. The lowest BCUT2D eigenvalue weighted by Gasteiger charge is -2.18. The minimum absolute atomic E-state index is 0.118. The number of carbonyl (C=O) groups is 2. The van der Waals surface area contributed by atoms with Crippen molar-refractivity contribution < 1.29 is 18.7 Å². The summed E-state index contributed by atoms with van der Waals surface area (Å²) < 4.78 is 10.1. The van der Waals surface area contributed by atoms with E-state index in [1.165, 1.54) is 12.3 Å². The second kappa shape index (κ2) is 6.41. The van der Waals surface area contributed by atoms with Gasteiger partial charge >= 0.3 is 5.97 Å². The number of ether oxygens (including phenoxy) is 1. The number of carbonyl (C=O) groups excluding carboxylic acids is 2. The molecule has 1 atom stereocenters. The molecule has 104 valence electrons. The number of esters is 1. The van der Waals surface area contributed by atoms with Crippen LogP contribution >= 0.6 is 0 Å². The first kappa shape index (κ1) is 13.6. The van der Waals surface area contributed by atoms with Gasteiger partial charge in [0, 0.05) is 6.04 Å². The van der Waals surface area contributed by atoms with Crippen LogP contribution in [0.1, 0.15) is 49.6 Å². The smallest absolute Gasteiger partial charge is 0.374 e. The Morgan fingerprint density at radius 1 is 1.47 bits per heavy atom. The predicted molar refractivity (Wildman–Crippen MR) is 68.6 cm³/mol. The van der Waals surface area contributed by atoms with Crippen molar-refractivity contribution in [3.05, 3.63) is 24.2 Å². The van der Waals surface area contributed by atoms with Crippen molar-refractivity contribution in [2.45, 2.75) is 51.2 Å². The van der Waals surface area contributed by atoms with Crippen molar-refractivity contribution in [1.82, 2.24) is 5.32 Å². The summed E-state index contributed by atoms with van der Waals surface area (Å²) in [5.74, 6) is -0.695. The molecule has 1 saturated carbocycles. The molecule has 1 heterocycles. The lowest BCUT2D eigenvalue weighted by atomic mass is 10.2. The normalized spacial score (nSPS) is 17.1. The second-order valence-electron chi connectivity index (χ2n) is 4.77. The number of hydrogen-bond acceptors (Lipinski definition) is 4. The molecule has 1 aliphatic carbocycles. The van der Waals surface area contributed by atoms with E-state index in [-0.39, 0.29) is 17.7 Å². The molecule has 19 heavy (non-hydrogen) atoms. The van der Waals surface area contributed by atoms with E-state index in [0.29, 0.717) is 6.42 Å². The molecule has 1 fully saturated rings. The highest BCUT2D eigenvalue weighted by atomic mass is 16.6. The van der Waals surface area contributed by atoms with E-state index in [0.717, 1.165) is 25.7 Å². The Morgan fingerprint density at radius 3 is 2.79 bits per heavy atom. The van der Waals surface area contributed by atoms with Gasteiger partial charge in [0.05, 0.1) is 6.26 Å². The maximum atomic E-state index is 12.0. The largest absolute Gasteiger partial charge is 0.457 e. The van der Waals surface area contributed by atoms with Gasteiger partial charge in [-0.05, 0) is 31.4 Å². The van der Waals surface area contributed by atoms with Gasteiger partial charge in [0.15, 0.2) is 6.10 Å². The first-order chi connectivity index (χ1) is 9.20. The van der Waals surface area contributed by atoms with Crippen molar-refractivity contribution in [1.29, 1.82) is 0 Å². The van der Waals surface area contributed by atoms with E-state index in [4.69, 9.17) is 9.15 Å². The fourth-order valence-electron chi connectivity index (χ4n) is 2.27. The topological polar surface area (TPSA) is 68.5 Å². The van der Waals surface area contributed by atoms with Gasteiger partial charge in [0.2, 0.25) is 5.76 Å². The number of furan rings is 1. The molecule has 0 unspecified atom stereocenters. The molecule has 5 heteroatoms. The van der Waals surface area contributed by atoms with Crippen LogP contribution in [0, 0.1) is 0 Å². The Balaban J connectivity index is 1.88. The monoisotopic (exact) mass is 265 g/mol. The van der Waals surface area contributed by atoms with Crippen LogP contribution in [0.2, 0.25) is 0 Å².